The van der Waals surface area contributed by atoms with Crippen molar-refractivity contribution in [3.63, 3.8) is 0 Å². The monoisotopic (exact) mass is 361 g/mol. The summed E-state index contributed by atoms with van der Waals surface area (Å²) in [5, 5.41) is 4.68. The summed E-state index contributed by atoms with van der Waals surface area (Å²) < 4.78 is 0. The number of nitrogens with one attached hydrogen (secondary N) is 1. The number of allylic oxidation sites excluding steroid dienone is 4. The molecule has 0 saturated carbocycles. The predicted molar refractivity (Wildman–Crippen MR) is 104 cm³/mol. The van der Waals surface area contributed by atoms with Gasteiger partial charge in [-0.25, -0.2) is 0 Å². The van der Waals surface area contributed by atoms with E-state index in [-0.39, 0.29) is 11.8 Å². The minimum atomic E-state index is -0.193. The molecule has 2 aromatic heterocycles. The zero-order valence-corrected chi connectivity index (χ0v) is 14.6. The molecule has 2 heterocycles. The standard InChI is InChI=1S/C21H16ClN3O/c22-17-7-3-15(4-8-17)19-10-6-16(13-24-19)21(26)25-18-9-5-14-2-1-11-23-20(14)12-18/h1-3,5-13,15H,4H2,(H,25,26). The summed E-state index contributed by atoms with van der Waals surface area (Å²) in [4.78, 5) is 21.2. The van der Waals surface area contributed by atoms with Crippen molar-refractivity contribution in [1.29, 1.82) is 0 Å². The first kappa shape index (κ1) is 16.5. The van der Waals surface area contributed by atoms with E-state index < -0.39 is 0 Å². The van der Waals surface area contributed by atoms with Gasteiger partial charge in [0, 0.05) is 40.1 Å². The Labute approximate surface area is 156 Å². The molecule has 0 radical (unpaired) electrons. The van der Waals surface area contributed by atoms with E-state index in [0.717, 1.165) is 28.0 Å². The topological polar surface area (TPSA) is 54.9 Å². The smallest absolute Gasteiger partial charge is 0.257 e. The van der Waals surface area contributed by atoms with E-state index in [1.54, 1.807) is 18.5 Å². The van der Waals surface area contributed by atoms with Gasteiger partial charge in [-0.2, -0.15) is 0 Å². The molecule has 5 heteroatoms. The van der Waals surface area contributed by atoms with E-state index in [9.17, 15) is 4.79 Å². The van der Waals surface area contributed by atoms with E-state index in [4.69, 9.17) is 11.6 Å². The molecule has 1 N–H and O–H groups in total. The van der Waals surface area contributed by atoms with Crippen LogP contribution in [0.5, 0.6) is 0 Å². The highest BCUT2D eigenvalue weighted by Gasteiger charge is 2.13. The summed E-state index contributed by atoms with van der Waals surface area (Å²) in [6.07, 6.45) is 10.1. The number of anilines is 1. The van der Waals surface area contributed by atoms with Crippen molar-refractivity contribution < 1.29 is 4.79 Å². The molecule has 3 aromatic rings. The molecule has 4 rings (SSSR count). The maximum Gasteiger partial charge on any atom is 0.257 e. The molecule has 26 heavy (non-hydrogen) atoms. The van der Waals surface area contributed by atoms with Crippen molar-refractivity contribution in [2.75, 3.05) is 5.32 Å². The Hall–Kier alpha value is -2.98. The second-order valence-electron chi connectivity index (χ2n) is 6.13. The second-order valence-corrected chi connectivity index (χ2v) is 6.56. The maximum absolute atomic E-state index is 12.5. The van der Waals surface area contributed by atoms with Crippen molar-refractivity contribution in [3.8, 4) is 0 Å². The molecule has 1 unspecified atom stereocenters. The van der Waals surface area contributed by atoms with Crippen LogP contribution in [0.1, 0.15) is 28.4 Å². The van der Waals surface area contributed by atoms with Gasteiger partial charge in [0.15, 0.2) is 0 Å². The molecule has 1 aliphatic carbocycles. The number of pyridine rings is 2. The molecule has 1 atom stereocenters. The Morgan fingerprint density at radius 3 is 2.85 bits per heavy atom. The maximum atomic E-state index is 12.5. The number of rotatable bonds is 3. The Bertz CT molecular complexity index is 1020. The van der Waals surface area contributed by atoms with E-state index >= 15 is 0 Å². The van der Waals surface area contributed by atoms with Crippen LogP contribution in [0, 0.1) is 0 Å². The van der Waals surface area contributed by atoms with Crippen molar-refractivity contribution in [2.45, 2.75) is 12.3 Å². The second kappa shape index (κ2) is 7.10. The molecule has 0 bridgehead atoms. The van der Waals surface area contributed by atoms with Crippen LogP contribution < -0.4 is 5.32 Å². The van der Waals surface area contributed by atoms with Crippen molar-refractivity contribution in [2.24, 2.45) is 0 Å². The third-order valence-electron chi connectivity index (χ3n) is 4.35. The Morgan fingerprint density at radius 1 is 1.15 bits per heavy atom. The third-order valence-corrected chi connectivity index (χ3v) is 4.63. The molecule has 1 amide bonds. The van der Waals surface area contributed by atoms with Gasteiger partial charge in [-0.15, -0.1) is 0 Å². The first-order chi connectivity index (χ1) is 12.7. The summed E-state index contributed by atoms with van der Waals surface area (Å²) in [6, 6.07) is 13.2. The number of nitrogens with zero attached hydrogens (tertiary/aromatic N) is 2. The number of amides is 1. The van der Waals surface area contributed by atoms with Gasteiger partial charge in [-0.1, -0.05) is 35.9 Å². The summed E-state index contributed by atoms with van der Waals surface area (Å²) in [5.74, 6) is 0.00244. The molecule has 1 aliphatic rings. The number of aromatic nitrogens is 2. The van der Waals surface area contributed by atoms with Crippen LogP contribution in [-0.2, 0) is 0 Å². The summed E-state index contributed by atoms with van der Waals surface area (Å²) >= 11 is 5.95. The van der Waals surface area contributed by atoms with Crippen LogP contribution in [0.25, 0.3) is 10.9 Å². The Balaban J connectivity index is 1.48. The minimum Gasteiger partial charge on any atom is -0.322 e. The van der Waals surface area contributed by atoms with Gasteiger partial charge >= 0.3 is 0 Å². The van der Waals surface area contributed by atoms with Gasteiger partial charge < -0.3 is 5.32 Å². The van der Waals surface area contributed by atoms with Gasteiger partial charge in [0.2, 0.25) is 0 Å². The lowest BCUT2D eigenvalue weighted by molar-refractivity contribution is 0.102. The van der Waals surface area contributed by atoms with Gasteiger partial charge in [-0.3, -0.25) is 14.8 Å². The lowest BCUT2D eigenvalue weighted by Gasteiger charge is -2.14. The number of carbonyl (C=O) groups excluding carboxylic acids is 1. The number of halogens is 1. The molecule has 128 valence electrons. The molecular weight excluding hydrogens is 346 g/mol. The Kier molecular flexibility index (Phi) is 4.50. The average Bonchev–Trinajstić information content (AvgIpc) is 2.68. The highest BCUT2D eigenvalue weighted by Crippen LogP contribution is 2.26. The van der Waals surface area contributed by atoms with Crippen molar-refractivity contribution in [1.82, 2.24) is 9.97 Å². The van der Waals surface area contributed by atoms with Crippen LogP contribution in [-0.4, -0.2) is 15.9 Å². The fraction of sp³-hybridized carbons (Fsp3) is 0.0952. The van der Waals surface area contributed by atoms with Crippen LogP contribution in [0.4, 0.5) is 5.69 Å². The summed E-state index contributed by atoms with van der Waals surface area (Å²) in [7, 11) is 0. The van der Waals surface area contributed by atoms with E-state index in [1.165, 1.54) is 0 Å². The average molecular weight is 362 g/mol. The van der Waals surface area contributed by atoms with Gasteiger partial charge in [0.1, 0.15) is 0 Å². The van der Waals surface area contributed by atoms with Gasteiger partial charge in [-0.05, 0) is 42.8 Å². The third kappa shape index (κ3) is 3.51. The molecule has 0 spiro atoms. The SMILES string of the molecule is O=C(Nc1ccc2cccnc2c1)c1ccc(C2C=CC(Cl)=CC2)nc1. The largest absolute Gasteiger partial charge is 0.322 e. The number of fused-ring (bicyclic) bond motifs is 1. The minimum absolute atomic E-state index is 0.193. The predicted octanol–water partition coefficient (Wildman–Crippen LogP) is 5.05. The molecule has 0 saturated heterocycles. The zero-order valence-electron chi connectivity index (χ0n) is 13.9. The summed E-state index contributed by atoms with van der Waals surface area (Å²) in [5.41, 5.74) is 2.99. The molecular formula is C21H16ClN3O. The summed E-state index contributed by atoms with van der Waals surface area (Å²) in [6.45, 7) is 0. The van der Waals surface area contributed by atoms with E-state index in [0.29, 0.717) is 11.3 Å². The quantitative estimate of drug-likeness (QED) is 0.710. The fourth-order valence-electron chi connectivity index (χ4n) is 2.92. The number of hydrogen-bond donors (Lipinski definition) is 1. The van der Waals surface area contributed by atoms with E-state index in [1.807, 2.05) is 54.6 Å². The molecule has 0 aliphatic heterocycles. The van der Waals surface area contributed by atoms with Crippen LogP contribution >= 0.6 is 11.6 Å². The normalized spacial score (nSPS) is 16.3. The molecule has 0 fully saturated rings. The Morgan fingerprint density at radius 2 is 2.08 bits per heavy atom. The highest BCUT2D eigenvalue weighted by molar-refractivity contribution is 6.31. The van der Waals surface area contributed by atoms with Crippen molar-refractivity contribution >= 4 is 34.1 Å². The van der Waals surface area contributed by atoms with Crippen LogP contribution in [0.15, 0.2) is 78.1 Å². The van der Waals surface area contributed by atoms with E-state index in [2.05, 4.69) is 15.3 Å². The first-order valence-corrected chi connectivity index (χ1v) is 8.73. The van der Waals surface area contributed by atoms with Crippen molar-refractivity contribution in [3.05, 3.63) is 89.4 Å². The molecule has 4 nitrogen and oxygen atoms in total. The number of benzene rings is 1. The fourth-order valence-corrected chi connectivity index (χ4v) is 3.08. The lowest BCUT2D eigenvalue weighted by Crippen LogP contribution is -2.13. The number of hydrogen-bond acceptors (Lipinski definition) is 3. The van der Waals surface area contributed by atoms with Crippen LogP contribution in [0.2, 0.25) is 0 Å². The lowest BCUT2D eigenvalue weighted by atomic mass is 9.96. The van der Waals surface area contributed by atoms with Crippen LogP contribution in [0.3, 0.4) is 0 Å². The highest BCUT2D eigenvalue weighted by atomic mass is 35.5. The first-order valence-electron chi connectivity index (χ1n) is 8.35. The molecule has 1 aromatic carbocycles. The van der Waals surface area contributed by atoms with Gasteiger partial charge in [0.25, 0.3) is 5.91 Å². The number of carbonyl (C=O) groups is 1. The zero-order chi connectivity index (χ0) is 17.9. The van der Waals surface area contributed by atoms with Gasteiger partial charge in [0.05, 0.1) is 11.1 Å².